The summed E-state index contributed by atoms with van der Waals surface area (Å²) in [6.07, 6.45) is 5.49. The van der Waals surface area contributed by atoms with Gasteiger partial charge < -0.3 is 18.4 Å². The molecule has 4 nitrogen and oxygen atoms in total. The van der Waals surface area contributed by atoms with Crippen LogP contribution in [-0.4, -0.2) is 20.3 Å². The Balaban J connectivity index is 0.875. The minimum atomic E-state index is 0.391. The van der Waals surface area contributed by atoms with Crippen LogP contribution in [0.5, 0.6) is 5.75 Å². The molecule has 3 heterocycles. The fourth-order valence-electron chi connectivity index (χ4n) is 8.44. The van der Waals surface area contributed by atoms with E-state index >= 15 is 0 Å². The summed E-state index contributed by atoms with van der Waals surface area (Å²) in [6.45, 7) is 5.10. The third kappa shape index (κ3) is 5.31. The molecule has 50 heavy (non-hydrogen) atoms. The standard InChI is InChI=1S/C46H43N3O/c1-33(49-44-25-11-6-20-38(44)39-21-7-12-26-45(39)49)16-15-30-48-43-24-10-5-19-37(43)40-28-27-34(32-46(40)48)50-31-14-2-13-29-47-41-22-8-3-17-35(41)36-18-4-9-23-42(36)47/h3-12,17-28,32-33H,2,13-16,29-31H2,1H3. The maximum atomic E-state index is 6.39. The molecule has 248 valence electrons. The molecule has 3 aromatic heterocycles. The Bertz CT molecular complexity index is 2510. The highest BCUT2D eigenvalue weighted by atomic mass is 16.5. The van der Waals surface area contributed by atoms with Crippen molar-refractivity contribution >= 4 is 65.4 Å². The van der Waals surface area contributed by atoms with E-state index in [-0.39, 0.29) is 0 Å². The Kier molecular flexibility index (Phi) is 8.01. The Morgan fingerprint density at radius 2 is 0.880 bits per heavy atom. The zero-order valence-electron chi connectivity index (χ0n) is 28.8. The maximum Gasteiger partial charge on any atom is 0.121 e. The Morgan fingerprint density at radius 3 is 1.44 bits per heavy atom. The van der Waals surface area contributed by atoms with Gasteiger partial charge in [0, 0.05) is 85.1 Å². The Labute approximate surface area is 293 Å². The van der Waals surface area contributed by atoms with Gasteiger partial charge in [0.15, 0.2) is 0 Å². The second-order valence-corrected chi connectivity index (χ2v) is 13.8. The van der Waals surface area contributed by atoms with Crippen LogP contribution in [0, 0.1) is 0 Å². The molecule has 0 saturated carbocycles. The largest absolute Gasteiger partial charge is 0.494 e. The zero-order valence-corrected chi connectivity index (χ0v) is 28.8. The van der Waals surface area contributed by atoms with E-state index in [1.54, 1.807) is 0 Å². The summed E-state index contributed by atoms with van der Waals surface area (Å²) in [5.41, 5.74) is 7.87. The van der Waals surface area contributed by atoms with Crippen LogP contribution in [0.1, 0.15) is 45.1 Å². The number of rotatable bonds is 12. The smallest absolute Gasteiger partial charge is 0.121 e. The van der Waals surface area contributed by atoms with Crippen molar-refractivity contribution in [2.45, 2.75) is 58.2 Å². The number of aryl methyl sites for hydroxylation is 2. The number of unbranched alkanes of at least 4 members (excludes halogenated alkanes) is 2. The fourth-order valence-corrected chi connectivity index (χ4v) is 8.44. The molecule has 0 spiro atoms. The van der Waals surface area contributed by atoms with Crippen molar-refractivity contribution in [3.05, 3.63) is 140 Å². The van der Waals surface area contributed by atoms with E-state index in [2.05, 4.69) is 160 Å². The summed E-state index contributed by atoms with van der Waals surface area (Å²) in [7, 11) is 0. The average molecular weight is 654 g/mol. The van der Waals surface area contributed by atoms with Crippen LogP contribution in [0.3, 0.4) is 0 Å². The van der Waals surface area contributed by atoms with E-state index in [0.29, 0.717) is 6.04 Å². The monoisotopic (exact) mass is 653 g/mol. The van der Waals surface area contributed by atoms with Gasteiger partial charge in [0.1, 0.15) is 5.75 Å². The lowest BCUT2D eigenvalue weighted by Crippen LogP contribution is -2.07. The van der Waals surface area contributed by atoms with Gasteiger partial charge in [-0.25, -0.2) is 0 Å². The van der Waals surface area contributed by atoms with Gasteiger partial charge in [0.05, 0.1) is 12.1 Å². The molecular weight excluding hydrogens is 611 g/mol. The van der Waals surface area contributed by atoms with Gasteiger partial charge in [-0.1, -0.05) is 91.0 Å². The second-order valence-electron chi connectivity index (χ2n) is 13.8. The van der Waals surface area contributed by atoms with Crippen LogP contribution < -0.4 is 4.74 Å². The molecular formula is C46H43N3O. The Morgan fingerprint density at radius 1 is 0.440 bits per heavy atom. The molecule has 0 aliphatic rings. The number of fused-ring (bicyclic) bond motifs is 9. The summed E-state index contributed by atoms with van der Waals surface area (Å²) in [6, 6.07) is 51.1. The van der Waals surface area contributed by atoms with E-state index in [4.69, 9.17) is 4.74 Å². The molecule has 0 radical (unpaired) electrons. The summed E-state index contributed by atoms with van der Waals surface area (Å²) in [5, 5.41) is 7.99. The average Bonchev–Trinajstić information content (AvgIpc) is 3.79. The molecule has 0 amide bonds. The maximum absolute atomic E-state index is 6.39. The van der Waals surface area contributed by atoms with Gasteiger partial charge in [-0.05, 0) is 81.5 Å². The molecule has 1 atom stereocenters. The number of hydrogen-bond acceptors (Lipinski definition) is 1. The topological polar surface area (TPSA) is 24.0 Å². The van der Waals surface area contributed by atoms with Crippen molar-refractivity contribution in [2.24, 2.45) is 0 Å². The lowest BCUT2D eigenvalue weighted by molar-refractivity contribution is 0.304. The zero-order chi connectivity index (χ0) is 33.4. The lowest BCUT2D eigenvalue weighted by atomic mass is 10.1. The lowest BCUT2D eigenvalue weighted by Gasteiger charge is -2.18. The molecule has 4 heteroatoms. The third-order valence-electron chi connectivity index (χ3n) is 10.8. The normalized spacial score (nSPS) is 12.7. The van der Waals surface area contributed by atoms with Crippen LogP contribution in [0.15, 0.2) is 140 Å². The fraction of sp³-hybridized carbons (Fsp3) is 0.217. The first-order valence-corrected chi connectivity index (χ1v) is 18.3. The molecule has 0 N–H and O–H groups in total. The van der Waals surface area contributed by atoms with Crippen LogP contribution in [0.25, 0.3) is 65.4 Å². The minimum Gasteiger partial charge on any atom is -0.494 e. The number of aromatic nitrogens is 3. The van der Waals surface area contributed by atoms with Crippen molar-refractivity contribution in [3.8, 4) is 5.75 Å². The first kappa shape index (κ1) is 30.6. The van der Waals surface area contributed by atoms with Crippen molar-refractivity contribution in [2.75, 3.05) is 6.61 Å². The number of nitrogens with zero attached hydrogens (tertiary/aromatic N) is 3. The van der Waals surface area contributed by atoms with E-state index in [0.717, 1.165) is 57.6 Å². The summed E-state index contributed by atoms with van der Waals surface area (Å²) in [4.78, 5) is 0. The van der Waals surface area contributed by atoms with Crippen molar-refractivity contribution in [1.29, 1.82) is 0 Å². The summed E-state index contributed by atoms with van der Waals surface area (Å²) in [5.74, 6) is 0.961. The molecule has 6 aromatic carbocycles. The van der Waals surface area contributed by atoms with Crippen molar-refractivity contribution in [3.63, 3.8) is 0 Å². The molecule has 1 unspecified atom stereocenters. The molecule has 0 aliphatic carbocycles. The SMILES string of the molecule is CC(CCCn1c2ccccc2c2ccc(OCCCCCn3c4ccccc4c4ccccc43)cc21)n1c2ccccc2c2ccccc21. The number of hydrogen-bond donors (Lipinski definition) is 0. The van der Waals surface area contributed by atoms with Crippen molar-refractivity contribution in [1.82, 2.24) is 13.7 Å². The minimum absolute atomic E-state index is 0.391. The van der Waals surface area contributed by atoms with Gasteiger partial charge in [-0.2, -0.15) is 0 Å². The van der Waals surface area contributed by atoms with Gasteiger partial charge in [0.2, 0.25) is 0 Å². The van der Waals surface area contributed by atoms with Gasteiger partial charge in [-0.3, -0.25) is 0 Å². The van der Waals surface area contributed by atoms with Crippen molar-refractivity contribution < 1.29 is 4.74 Å². The third-order valence-corrected chi connectivity index (χ3v) is 10.8. The van der Waals surface area contributed by atoms with E-state index in [9.17, 15) is 0 Å². The highest BCUT2D eigenvalue weighted by Crippen LogP contribution is 2.35. The highest BCUT2D eigenvalue weighted by Gasteiger charge is 2.16. The predicted molar refractivity (Wildman–Crippen MR) is 212 cm³/mol. The molecule has 9 rings (SSSR count). The van der Waals surface area contributed by atoms with Gasteiger partial charge in [-0.15, -0.1) is 0 Å². The quantitative estimate of drug-likeness (QED) is 0.120. The predicted octanol–water partition coefficient (Wildman–Crippen LogP) is 12.3. The van der Waals surface area contributed by atoms with Gasteiger partial charge >= 0.3 is 0 Å². The molecule has 0 fully saturated rings. The van der Waals surface area contributed by atoms with Crippen LogP contribution in [-0.2, 0) is 13.1 Å². The first-order chi connectivity index (χ1) is 24.8. The van der Waals surface area contributed by atoms with Crippen LogP contribution >= 0.6 is 0 Å². The number of benzene rings is 6. The Hall–Kier alpha value is -5.48. The highest BCUT2D eigenvalue weighted by molar-refractivity contribution is 6.10. The van der Waals surface area contributed by atoms with Crippen LogP contribution in [0.2, 0.25) is 0 Å². The number of para-hydroxylation sites is 5. The molecule has 9 aromatic rings. The summed E-state index contributed by atoms with van der Waals surface area (Å²) < 4.78 is 13.9. The summed E-state index contributed by atoms with van der Waals surface area (Å²) >= 11 is 0. The molecule has 0 aliphatic heterocycles. The van der Waals surface area contributed by atoms with Crippen LogP contribution in [0.4, 0.5) is 0 Å². The van der Waals surface area contributed by atoms with E-state index in [1.807, 2.05) is 0 Å². The number of ether oxygens (including phenoxy) is 1. The first-order valence-electron chi connectivity index (χ1n) is 18.3. The van der Waals surface area contributed by atoms with E-state index in [1.165, 1.54) is 65.4 Å². The van der Waals surface area contributed by atoms with E-state index < -0.39 is 0 Å². The second kappa shape index (κ2) is 13.1. The van der Waals surface area contributed by atoms with Gasteiger partial charge in [0.25, 0.3) is 0 Å². The molecule has 0 bridgehead atoms. The molecule has 0 saturated heterocycles.